The highest BCUT2D eigenvalue weighted by atomic mass is 16.5. The number of nitrogens with zero attached hydrogens (tertiary/aromatic N) is 3. The molecule has 1 amide bonds. The number of hydrogen-bond donors (Lipinski definition) is 2. The number of phenols is 1. The van der Waals surface area contributed by atoms with E-state index < -0.39 is 0 Å². The van der Waals surface area contributed by atoms with Crippen molar-refractivity contribution in [1.82, 2.24) is 15.2 Å². The van der Waals surface area contributed by atoms with Crippen LogP contribution in [0, 0.1) is 13.8 Å². The molecule has 0 fully saturated rings. The Morgan fingerprint density at radius 2 is 2.23 bits per heavy atom. The van der Waals surface area contributed by atoms with E-state index in [0.29, 0.717) is 11.3 Å². The van der Waals surface area contributed by atoms with E-state index in [1.165, 1.54) is 19.4 Å². The van der Waals surface area contributed by atoms with Gasteiger partial charge in [-0.05, 0) is 38.1 Å². The van der Waals surface area contributed by atoms with Gasteiger partial charge in [0.25, 0.3) is 5.91 Å². The average molecular weight is 302 g/mol. The predicted molar refractivity (Wildman–Crippen MR) is 82.1 cm³/mol. The molecule has 2 rings (SSSR count). The van der Waals surface area contributed by atoms with Crippen LogP contribution in [-0.2, 0) is 11.3 Å². The second-order valence-corrected chi connectivity index (χ2v) is 4.80. The van der Waals surface area contributed by atoms with Gasteiger partial charge in [0.2, 0.25) is 0 Å². The van der Waals surface area contributed by atoms with E-state index in [0.717, 1.165) is 11.4 Å². The Labute approximate surface area is 128 Å². The highest BCUT2D eigenvalue weighted by molar-refractivity contribution is 5.85. The molecule has 0 aliphatic rings. The quantitative estimate of drug-likeness (QED) is 0.645. The molecule has 0 aliphatic heterocycles. The van der Waals surface area contributed by atoms with Crippen LogP contribution in [0.1, 0.15) is 17.0 Å². The Balaban J connectivity index is 1.97. The van der Waals surface area contributed by atoms with Crippen LogP contribution >= 0.6 is 0 Å². The molecule has 1 aromatic heterocycles. The van der Waals surface area contributed by atoms with Crippen molar-refractivity contribution in [3.8, 4) is 11.5 Å². The zero-order valence-corrected chi connectivity index (χ0v) is 12.7. The molecule has 0 bridgehead atoms. The molecule has 7 heteroatoms. The number of hydrogen-bond acceptors (Lipinski definition) is 5. The summed E-state index contributed by atoms with van der Waals surface area (Å²) in [6.45, 7) is 3.83. The first-order valence-electron chi connectivity index (χ1n) is 6.69. The molecule has 0 aliphatic carbocycles. The lowest BCUT2D eigenvalue weighted by Crippen LogP contribution is -2.24. The van der Waals surface area contributed by atoms with Gasteiger partial charge in [-0.2, -0.15) is 10.2 Å². The van der Waals surface area contributed by atoms with Gasteiger partial charge < -0.3 is 9.84 Å². The first-order valence-corrected chi connectivity index (χ1v) is 6.69. The number of methoxy groups -OCH3 is 1. The molecule has 0 atom stereocenters. The summed E-state index contributed by atoms with van der Waals surface area (Å²) in [5.41, 5.74) is 4.61. The third-order valence-corrected chi connectivity index (χ3v) is 3.02. The van der Waals surface area contributed by atoms with Gasteiger partial charge in [0.05, 0.1) is 19.0 Å². The number of nitrogens with one attached hydrogen (secondary N) is 1. The smallest absolute Gasteiger partial charge is 0.261 e. The van der Waals surface area contributed by atoms with Crippen molar-refractivity contribution < 1.29 is 14.6 Å². The fourth-order valence-electron chi connectivity index (χ4n) is 1.94. The number of carbonyl (C=O) groups is 1. The Kier molecular flexibility index (Phi) is 4.77. The molecule has 7 nitrogen and oxygen atoms in total. The number of aromatic hydroxyl groups is 1. The topological polar surface area (TPSA) is 88.7 Å². The number of benzene rings is 1. The molecule has 2 aromatic rings. The van der Waals surface area contributed by atoms with E-state index in [-0.39, 0.29) is 18.2 Å². The molecule has 0 spiro atoms. The van der Waals surface area contributed by atoms with Crippen LogP contribution in [0.2, 0.25) is 0 Å². The minimum atomic E-state index is -0.301. The van der Waals surface area contributed by atoms with Crippen LogP contribution in [0.5, 0.6) is 11.5 Å². The lowest BCUT2D eigenvalue weighted by Gasteiger charge is -2.04. The van der Waals surface area contributed by atoms with Crippen LogP contribution in [0.15, 0.2) is 29.4 Å². The maximum Gasteiger partial charge on any atom is 0.261 e. The molecular weight excluding hydrogens is 284 g/mol. The van der Waals surface area contributed by atoms with Gasteiger partial charge in [-0.15, -0.1) is 0 Å². The van der Waals surface area contributed by atoms with Crippen molar-refractivity contribution in [1.29, 1.82) is 0 Å². The first kappa shape index (κ1) is 15.6. The molecule has 0 saturated carbocycles. The second kappa shape index (κ2) is 6.75. The Bertz CT molecular complexity index is 707. The summed E-state index contributed by atoms with van der Waals surface area (Å²) in [7, 11) is 1.53. The standard InChI is InChI=1S/C15H18N4O3/c1-10-6-11(2)19(18-10)9-15(21)17-16-8-12-7-13(22-3)4-5-14(12)20/h4-8,20H,9H2,1-3H3,(H,17,21). The van der Waals surface area contributed by atoms with Crippen LogP contribution < -0.4 is 10.2 Å². The Hall–Kier alpha value is -2.83. The largest absolute Gasteiger partial charge is 0.507 e. The number of carbonyl (C=O) groups excluding carboxylic acids is 1. The Morgan fingerprint density at radius 1 is 1.45 bits per heavy atom. The van der Waals surface area contributed by atoms with Crippen molar-refractivity contribution in [3.05, 3.63) is 41.2 Å². The fourth-order valence-corrected chi connectivity index (χ4v) is 1.94. The number of aromatic nitrogens is 2. The summed E-state index contributed by atoms with van der Waals surface area (Å²) in [5, 5.41) is 17.7. The van der Waals surface area contributed by atoms with Gasteiger partial charge in [0.1, 0.15) is 18.0 Å². The lowest BCUT2D eigenvalue weighted by atomic mass is 10.2. The molecule has 1 heterocycles. The molecule has 0 unspecified atom stereocenters. The van der Waals surface area contributed by atoms with Crippen LogP contribution in [-0.4, -0.2) is 34.1 Å². The van der Waals surface area contributed by atoms with Crippen LogP contribution in [0.3, 0.4) is 0 Å². The summed E-state index contributed by atoms with van der Waals surface area (Å²) in [5.74, 6) is 0.343. The fraction of sp³-hybridized carbons (Fsp3) is 0.267. The van der Waals surface area contributed by atoms with Crippen LogP contribution in [0.25, 0.3) is 0 Å². The molecule has 0 saturated heterocycles. The summed E-state index contributed by atoms with van der Waals surface area (Å²) in [4.78, 5) is 11.8. The average Bonchev–Trinajstić information content (AvgIpc) is 2.78. The number of aryl methyl sites for hydroxylation is 2. The van der Waals surface area contributed by atoms with Gasteiger partial charge >= 0.3 is 0 Å². The van der Waals surface area contributed by atoms with Gasteiger partial charge in [-0.1, -0.05) is 0 Å². The number of rotatable bonds is 5. The van der Waals surface area contributed by atoms with Gasteiger partial charge in [0.15, 0.2) is 0 Å². The highest BCUT2D eigenvalue weighted by Crippen LogP contribution is 2.20. The SMILES string of the molecule is COc1ccc(O)c(C=NNC(=O)Cn2nc(C)cc2C)c1. The van der Waals surface area contributed by atoms with Gasteiger partial charge in [0, 0.05) is 11.3 Å². The number of amides is 1. The summed E-state index contributed by atoms with van der Waals surface area (Å²) in [6, 6.07) is 6.64. The van der Waals surface area contributed by atoms with E-state index >= 15 is 0 Å². The monoisotopic (exact) mass is 302 g/mol. The van der Waals surface area contributed by atoms with Crippen molar-refractivity contribution in [2.45, 2.75) is 20.4 Å². The van der Waals surface area contributed by atoms with Crippen molar-refractivity contribution in [2.24, 2.45) is 5.10 Å². The minimum Gasteiger partial charge on any atom is -0.507 e. The maximum absolute atomic E-state index is 11.8. The van der Waals surface area contributed by atoms with Crippen LogP contribution in [0.4, 0.5) is 0 Å². The molecule has 2 N–H and O–H groups in total. The van der Waals surface area contributed by atoms with E-state index in [4.69, 9.17) is 4.74 Å². The zero-order valence-electron chi connectivity index (χ0n) is 12.7. The highest BCUT2D eigenvalue weighted by Gasteiger charge is 2.06. The third-order valence-electron chi connectivity index (χ3n) is 3.02. The van der Waals surface area contributed by atoms with Gasteiger partial charge in [-0.25, -0.2) is 5.43 Å². The molecule has 116 valence electrons. The van der Waals surface area contributed by atoms with Gasteiger partial charge in [-0.3, -0.25) is 9.48 Å². The molecular formula is C15H18N4O3. The number of hydrazone groups is 1. The second-order valence-electron chi connectivity index (χ2n) is 4.80. The molecule has 22 heavy (non-hydrogen) atoms. The number of ether oxygens (including phenoxy) is 1. The summed E-state index contributed by atoms with van der Waals surface area (Å²) < 4.78 is 6.66. The lowest BCUT2D eigenvalue weighted by molar-refractivity contribution is -0.121. The normalized spacial score (nSPS) is 10.9. The molecule has 1 aromatic carbocycles. The predicted octanol–water partition coefficient (Wildman–Crippen LogP) is 1.36. The molecule has 0 radical (unpaired) electrons. The zero-order chi connectivity index (χ0) is 16.1. The summed E-state index contributed by atoms with van der Waals surface area (Å²) in [6.07, 6.45) is 1.36. The van der Waals surface area contributed by atoms with E-state index in [1.54, 1.807) is 16.8 Å². The van der Waals surface area contributed by atoms with Crippen molar-refractivity contribution in [3.63, 3.8) is 0 Å². The van der Waals surface area contributed by atoms with Crippen molar-refractivity contribution in [2.75, 3.05) is 7.11 Å². The van der Waals surface area contributed by atoms with E-state index in [9.17, 15) is 9.90 Å². The Morgan fingerprint density at radius 3 is 2.86 bits per heavy atom. The van der Waals surface area contributed by atoms with Crippen molar-refractivity contribution >= 4 is 12.1 Å². The first-order chi connectivity index (χ1) is 10.5. The third kappa shape index (κ3) is 3.85. The number of phenolic OH excluding ortho intramolecular Hbond substituents is 1. The maximum atomic E-state index is 11.8. The van der Waals surface area contributed by atoms with E-state index in [2.05, 4.69) is 15.6 Å². The van der Waals surface area contributed by atoms with E-state index in [1.807, 2.05) is 19.9 Å². The summed E-state index contributed by atoms with van der Waals surface area (Å²) >= 11 is 0. The minimum absolute atomic E-state index is 0.0531.